The molecule has 0 aliphatic carbocycles. The maximum Gasteiger partial charge on any atom is 0.274 e. The van der Waals surface area contributed by atoms with Gasteiger partial charge in [-0.25, -0.2) is 4.98 Å². The van der Waals surface area contributed by atoms with E-state index in [1.54, 1.807) is 6.92 Å². The monoisotopic (exact) mass is 221 g/mol. The smallest absolute Gasteiger partial charge is 0.274 e. The van der Waals surface area contributed by atoms with Crippen molar-refractivity contribution in [3.8, 4) is 0 Å². The molecule has 0 atom stereocenters. The molecule has 86 valence electrons. The molecule has 2 aromatic rings. The van der Waals surface area contributed by atoms with Crippen molar-refractivity contribution in [2.45, 2.75) is 26.8 Å². The van der Waals surface area contributed by atoms with Gasteiger partial charge in [-0.3, -0.25) is 9.89 Å². The van der Waals surface area contributed by atoms with Gasteiger partial charge in [0.05, 0.1) is 6.54 Å². The van der Waals surface area contributed by atoms with Gasteiger partial charge in [0.25, 0.3) is 11.3 Å². The molecule has 0 aliphatic rings. The van der Waals surface area contributed by atoms with E-state index in [1.807, 2.05) is 0 Å². The molecule has 0 amide bonds. The Hall–Kier alpha value is -1.69. The summed E-state index contributed by atoms with van der Waals surface area (Å²) < 4.78 is 1.36. The lowest BCUT2D eigenvalue weighted by atomic mass is 10.4. The number of aromatic nitrogens is 4. The van der Waals surface area contributed by atoms with Crippen molar-refractivity contribution in [1.29, 1.82) is 0 Å². The Morgan fingerprint density at radius 3 is 3.06 bits per heavy atom. The summed E-state index contributed by atoms with van der Waals surface area (Å²) in [5.41, 5.74) is 0.557. The molecule has 16 heavy (non-hydrogen) atoms. The minimum atomic E-state index is -0.128. The Bertz CT molecular complexity index is 542. The van der Waals surface area contributed by atoms with Crippen molar-refractivity contribution in [3.05, 3.63) is 27.9 Å². The minimum Gasteiger partial charge on any atom is -0.310 e. The van der Waals surface area contributed by atoms with Crippen LogP contribution in [0, 0.1) is 6.92 Å². The maximum absolute atomic E-state index is 11.6. The molecule has 0 radical (unpaired) electrons. The number of hydrogen-bond acceptors (Lipinski definition) is 4. The molecule has 0 bridgehead atoms. The normalized spacial score (nSPS) is 11.1. The lowest BCUT2D eigenvalue weighted by Crippen LogP contribution is -2.16. The highest BCUT2D eigenvalue weighted by Crippen LogP contribution is 1.96. The molecule has 2 aromatic heterocycles. The fraction of sp³-hybridized carbons (Fsp3) is 0.500. The van der Waals surface area contributed by atoms with Crippen LogP contribution in [0.25, 0.3) is 5.78 Å². The van der Waals surface area contributed by atoms with E-state index in [9.17, 15) is 4.79 Å². The van der Waals surface area contributed by atoms with E-state index >= 15 is 0 Å². The predicted octanol–water partition coefficient (Wildman–Crippen LogP) is 0.226. The quantitative estimate of drug-likeness (QED) is 0.724. The van der Waals surface area contributed by atoms with Crippen LogP contribution in [-0.2, 0) is 6.54 Å². The molecule has 2 N–H and O–H groups in total. The van der Waals surface area contributed by atoms with Crippen LogP contribution in [0.4, 0.5) is 0 Å². The zero-order valence-electron chi connectivity index (χ0n) is 9.45. The fourth-order valence-electron chi connectivity index (χ4n) is 1.50. The third-order valence-electron chi connectivity index (χ3n) is 2.22. The van der Waals surface area contributed by atoms with Crippen molar-refractivity contribution < 1.29 is 0 Å². The summed E-state index contributed by atoms with van der Waals surface area (Å²) in [6, 6.07) is 1.48. The molecule has 6 heteroatoms. The van der Waals surface area contributed by atoms with E-state index in [1.165, 1.54) is 10.6 Å². The largest absolute Gasteiger partial charge is 0.310 e. The van der Waals surface area contributed by atoms with Gasteiger partial charge in [-0.15, -0.1) is 0 Å². The molecule has 0 saturated heterocycles. The SMILES string of the molecule is CCCNCc1nc2nc(C)cc(=O)n2[nH]1. The molecule has 0 aromatic carbocycles. The fourth-order valence-corrected chi connectivity index (χ4v) is 1.50. The van der Waals surface area contributed by atoms with Crippen molar-refractivity contribution in [1.82, 2.24) is 24.9 Å². The van der Waals surface area contributed by atoms with Crippen LogP contribution in [0.15, 0.2) is 10.9 Å². The van der Waals surface area contributed by atoms with Crippen LogP contribution < -0.4 is 10.9 Å². The summed E-state index contributed by atoms with van der Waals surface area (Å²) >= 11 is 0. The number of rotatable bonds is 4. The topological polar surface area (TPSA) is 75.1 Å². The average Bonchev–Trinajstić information content (AvgIpc) is 2.61. The van der Waals surface area contributed by atoms with Gasteiger partial charge in [-0.2, -0.15) is 9.50 Å². The van der Waals surface area contributed by atoms with E-state index < -0.39 is 0 Å². The second kappa shape index (κ2) is 4.44. The molecule has 0 fully saturated rings. The van der Waals surface area contributed by atoms with Crippen LogP contribution >= 0.6 is 0 Å². The van der Waals surface area contributed by atoms with E-state index in [0.29, 0.717) is 18.0 Å². The van der Waals surface area contributed by atoms with E-state index in [4.69, 9.17) is 0 Å². The summed E-state index contributed by atoms with van der Waals surface area (Å²) in [5, 5.41) is 6.13. The zero-order chi connectivity index (χ0) is 11.5. The van der Waals surface area contributed by atoms with Gasteiger partial charge in [-0.1, -0.05) is 6.92 Å². The molecular weight excluding hydrogens is 206 g/mol. The molecule has 6 nitrogen and oxygen atoms in total. The van der Waals surface area contributed by atoms with Crippen LogP contribution in [0.5, 0.6) is 0 Å². The van der Waals surface area contributed by atoms with E-state index in [2.05, 4.69) is 27.3 Å². The first-order chi connectivity index (χ1) is 7.70. The standard InChI is InChI=1S/C10H15N5O/c1-3-4-11-6-8-13-10-12-7(2)5-9(16)15(10)14-8/h5,11H,3-4,6H2,1-2H3,(H,12,13,14). The zero-order valence-corrected chi connectivity index (χ0v) is 9.45. The number of aromatic amines is 1. The number of nitrogens with zero attached hydrogens (tertiary/aromatic N) is 3. The number of fused-ring (bicyclic) bond motifs is 1. The van der Waals surface area contributed by atoms with Crippen LogP contribution in [0.2, 0.25) is 0 Å². The second-order valence-electron chi connectivity index (χ2n) is 3.72. The predicted molar refractivity (Wildman–Crippen MR) is 60.3 cm³/mol. The van der Waals surface area contributed by atoms with Gasteiger partial charge in [-0.05, 0) is 19.9 Å². The second-order valence-corrected chi connectivity index (χ2v) is 3.72. The van der Waals surface area contributed by atoms with Gasteiger partial charge < -0.3 is 5.32 Å². The summed E-state index contributed by atoms with van der Waals surface area (Å²) in [7, 11) is 0. The average molecular weight is 221 g/mol. The number of H-pyrrole nitrogens is 1. The number of nitrogens with one attached hydrogen (secondary N) is 2. The minimum absolute atomic E-state index is 0.128. The Balaban J connectivity index is 2.29. The Labute approximate surface area is 92.7 Å². The number of aryl methyl sites for hydroxylation is 1. The van der Waals surface area contributed by atoms with E-state index in [-0.39, 0.29) is 5.56 Å². The molecule has 0 saturated carbocycles. The highest BCUT2D eigenvalue weighted by molar-refractivity contribution is 5.27. The van der Waals surface area contributed by atoms with Crippen LogP contribution in [-0.4, -0.2) is 26.1 Å². The van der Waals surface area contributed by atoms with Gasteiger partial charge in [0.1, 0.15) is 5.82 Å². The summed E-state index contributed by atoms with van der Waals surface area (Å²) in [4.78, 5) is 20.0. The summed E-state index contributed by atoms with van der Waals surface area (Å²) in [6.45, 7) is 5.43. The van der Waals surface area contributed by atoms with Gasteiger partial charge in [0.2, 0.25) is 0 Å². The van der Waals surface area contributed by atoms with E-state index in [0.717, 1.165) is 18.8 Å². The Morgan fingerprint density at radius 2 is 2.31 bits per heavy atom. The molecule has 2 heterocycles. The Kier molecular flexibility index (Phi) is 3.00. The van der Waals surface area contributed by atoms with Crippen molar-refractivity contribution in [2.75, 3.05) is 6.54 Å². The molecule has 2 rings (SSSR count). The van der Waals surface area contributed by atoms with Crippen molar-refractivity contribution in [3.63, 3.8) is 0 Å². The molecule has 0 unspecified atom stereocenters. The highest BCUT2D eigenvalue weighted by atomic mass is 16.1. The van der Waals surface area contributed by atoms with Crippen molar-refractivity contribution >= 4 is 5.78 Å². The van der Waals surface area contributed by atoms with Crippen molar-refractivity contribution in [2.24, 2.45) is 0 Å². The van der Waals surface area contributed by atoms with Gasteiger partial charge in [0, 0.05) is 11.8 Å². The third-order valence-corrected chi connectivity index (χ3v) is 2.22. The number of hydrogen-bond donors (Lipinski definition) is 2. The molecular formula is C10H15N5O. The molecule has 0 aliphatic heterocycles. The lowest BCUT2D eigenvalue weighted by molar-refractivity contribution is 0.648. The maximum atomic E-state index is 11.6. The van der Waals surface area contributed by atoms with Crippen LogP contribution in [0.1, 0.15) is 24.9 Å². The third kappa shape index (κ3) is 2.11. The van der Waals surface area contributed by atoms with Crippen LogP contribution in [0.3, 0.4) is 0 Å². The van der Waals surface area contributed by atoms with Gasteiger partial charge >= 0.3 is 0 Å². The Morgan fingerprint density at radius 1 is 1.50 bits per heavy atom. The lowest BCUT2D eigenvalue weighted by Gasteiger charge is -1.97. The first kappa shape index (κ1) is 10.8. The highest BCUT2D eigenvalue weighted by Gasteiger charge is 2.05. The first-order valence-corrected chi connectivity index (χ1v) is 5.36. The molecule has 0 spiro atoms. The van der Waals surface area contributed by atoms with Gasteiger partial charge in [0.15, 0.2) is 0 Å². The summed E-state index contributed by atoms with van der Waals surface area (Å²) in [6.07, 6.45) is 1.07. The summed E-state index contributed by atoms with van der Waals surface area (Å²) in [5.74, 6) is 1.15. The first-order valence-electron chi connectivity index (χ1n) is 5.36.